The van der Waals surface area contributed by atoms with E-state index < -0.39 is 11.9 Å². The molecule has 1 aliphatic carbocycles. The molecule has 57 heavy (non-hydrogen) atoms. The first-order valence-electron chi connectivity index (χ1n) is 19.9. The highest BCUT2D eigenvalue weighted by atomic mass is 35.5. The van der Waals surface area contributed by atoms with Crippen LogP contribution in [0.5, 0.6) is 5.75 Å². The number of piperidine rings is 2. The largest absolute Gasteiger partial charge is 0.490 e. The first-order chi connectivity index (χ1) is 27.6. The van der Waals surface area contributed by atoms with Crippen molar-refractivity contribution < 1.29 is 23.9 Å². The topological polar surface area (TPSA) is 177 Å². The summed E-state index contributed by atoms with van der Waals surface area (Å²) in [5, 5.41) is 23.6. The molecule has 300 valence electrons. The van der Waals surface area contributed by atoms with Crippen LogP contribution in [0.25, 0.3) is 0 Å². The maximum Gasteiger partial charge on any atom is 0.272 e. The fourth-order valence-electron chi connectivity index (χ4n) is 8.17. The molecule has 15 nitrogen and oxygen atoms in total. The second-order valence-electron chi connectivity index (χ2n) is 15.4. The van der Waals surface area contributed by atoms with E-state index in [1.54, 1.807) is 31.3 Å². The Morgan fingerprint density at radius 2 is 1.68 bits per heavy atom. The van der Waals surface area contributed by atoms with Crippen LogP contribution in [0.15, 0.2) is 48.5 Å². The van der Waals surface area contributed by atoms with Gasteiger partial charge in [-0.3, -0.25) is 29.4 Å². The SMILES string of the molecule is CN(C(=O)Cc1cccc(N2CCN(CC3CCN(c4ccc(C(=O)N[C@H]5CC[C@H](Oc6ccc(C#N)c(Cl)c6)CC5)nn4)CC3)CC2)n1)C1CCC(=O)NC1=O. The lowest BCUT2D eigenvalue weighted by Crippen LogP contribution is -2.53. The standard InChI is InChI=1S/C41H49ClN10O5/c1-49(35-12-14-38(53)46-41(35)56)39(54)23-30-3-2-4-36(44-30)52-21-19-50(20-22-52)26-27-15-17-51(18-16-27)37-13-11-34(47-48-37)40(55)45-29-6-9-31(10-7-29)57-32-8-5-28(25-43)33(42)24-32/h2-5,8,11,13,24,27,29,31,35H,6-7,9-10,12,14-23,26H2,1H3,(H,45,55)(H,46,53,56)/t29-,31-,35?. The van der Waals surface area contributed by atoms with Crippen molar-refractivity contribution in [1.29, 1.82) is 5.26 Å². The molecule has 2 N–H and O–H groups in total. The second-order valence-corrected chi connectivity index (χ2v) is 15.9. The molecule has 16 heteroatoms. The van der Waals surface area contributed by atoms with Crippen molar-refractivity contribution in [3.63, 3.8) is 0 Å². The van der Waals surface area contributed by atoms with Crippen LogP contribution in [-0.2, 0) is 20.8 Å². The fraction of sp³-hybridized carbons (Fsp3) is 0.512. The van der Waals surface area contributed by atoms with E-state index in [0.717, 1.165) is 96.0 Å². The summed E-state index contributed by atoms with van der Waals surface area (Å²) < 4.78 is 6.08. The molecule has 0 spiro atoms. The number of imide groups is 1. The van der Waals surface area contributed by atoms with Crippen LogP contribution in [0, 0.1) is 17.2 Å². The minimum Gasteiger partial charge on any atom is -0.490 e. The first-order valence-corrected chi connectivity index (χ1v) is 20.3. The van der Waals surface area contributed by atoms with Crippen molar-refractivity contribution in [1.82, 2.24) is 35.6 Å². The number of piperazine rings is 1. The number of nitrogens with zero attached hydrogens (tertiary/aromatic N) is 8. The molecule has 3 aliphatic heterocycles. The number of nitrogens with one attached hydrogen (secondary N) is 2. The number of hydrogen-bond donors (Lipinski definition) is 2. The van der Waals surface area contributed by atoms with Crippen LogP contribution < -0.4 is 25.2 Å². The van der Waals surface area contributed by atoms with Gasteiger partial charge in [-0.1, -0.05) is 17.7 Å². The second kappa shape index (κ2) is 18.3. The van der Waals surface area contributed by atoms with Gasteiger partial charge in [0, 0.05) is 71.4 Å². The number of anilines is 2. The van der Waals surface area contributed by atoms with Gasteiger partial charge in [-0.05, 0) is 87.3 Å². The van der Waals surface area contributed by atoms with Crippen molar-refractivity contribution in [3.8, 4) is 11.8 Å². The zero-order chi connectivity index (χ0) is 39.9. The Labute approximate surface area is 337 Å². The molecule has 1 saturated carbocycles. The molecule has 3 saturated heterocycles. The van der Waals surface area contributed by atoms with Crippen molar-refractivity contribution in [2.75, 3.05) is 62.7 Å². The number of ether oxygens (including phenoxy) is 1. The molecule has 3 aromatic rings. The quantitative estimate of drug-likeness (QED) is 0.271. The molecule has 0 bridgehead atoms. The summed E-state index contributed by atoms with van der Waals surface area (Å²) in [6.45, 7) is 6.38. The number of rotatable bonds is 11. The molecule has 1 aromatic carbocycles. The normalized spacial score (nSPS) is 22.0. The number of hydrogen-bond acceptors (Lipinski definition) is 12. The third kappa shape index (κ3) is 10.2. The van der Waals surface area contributed by atoms with E-state index in [0.29, 0.717) is 40.1 Å². The highest BCUT2D eigenvalue weighted by molar-refractivity contribution is 6.31. The Kier molecular flexibility index (Phi) is 12.8. The molecule has 2 aromatic heterocycles. The molecular formula is C41H49ClN10O5. The predicted molar refractivity (Wildman–Crippen MR) is 213 cm³/mol. The van der Waals surface area contributed by atoms with Crippen LogP contribution >= 0.6 is 11.6 Å². The average molecular weight is 797 g/mol. The van der Waals surface area contributed by atoms with E-state index in [1.165, 1.54) is 4.90 Å². The number of amides is 4. The minimum atomic E-state index is -0.645. The third-order valence-corrected chi connectivity index (χ3v) is 11.9. The first kappa shape index (κ1) is 39.9. The Morgan fingerprint density at radius 3 is 2.37 bits per heavy atom. The molecule has 1 atom stereocenters. The summed E-state index contributed by atoms with van der Waals surface area (Å²) in [5.41, 5.74) is 1.39. The highest BCUT2D eigenvalue weighted by Gasteiger charge is 2.33. The summed E-state index contributed by atoms with van der Waals surface area (Å²) in [5.74, 6) is 1.71. The lowest BCUT2D eigenvalue weighted by atomic mass is 9.93. The molecule has 5 heterocycles. The minimum absolute atomic E-state index is 0.0259. The summed E-state index contributed by atoms with van der Waals surface area (Å²) in [4.78, 5) is 63.0. The maximum atomic E-state index is 13.0. The van der Waals surface area contributed by atoms with Crippen molar-refractivity contribution in [3.05, 3.63) is 70.5 Å². The molecule has 4 amide bonds. The predicted octanol–water partition coefficient (Wildman–Crippen LogP) is 3.36. The molecule has 7 rings (SSSR count). The summed E-state index contributed by atoms with van der Waals surface area (Å²) in [7, 11) is 1.60. The van der Waals surface area contributed by atoms with Gasteiger partial charge in [0.15, 0.2) is 11.5 Å². The molecule has 4 aliphatic rings. The van der Waals surface area contributed by atoms with Crippen molar-refractivity contribution in [2.24, 2.45) is 5.92 Å². The maximum absolute atomic E-state index is 13.0. The van der Waals surface area contributed by atoms with Gasteiger partial charge < -0.3 is 24.8 Å². The van der Waals surface area contributed by atoms with Gasteiger partial charge >= 0.3 is 0 Å². The number of likely N-dealkylation sites (N-methyl/N-ethyl adjacent to an activating group) is 1. The number of nitriles is 1. The third-order valence-electron chi connectivity index (χ3n) is 11.6. The molecular weight excluding hydrogens is 748 g/mol. The Morgan fingerprint density at radius 1 is 0.930 bits per heavy atom. The van der Waals surface area contributed by atoms with Gasteiger partial charge in [0.1, 0.15) is 23.7 Å². The Balaban J connectivity index is 0.798. The highest BCUT2D eigenvalue weighted by Crippen LogP contribution is 2.28. The molecule has 1 unspecified atom stereocenters. The number of carbonyl (C=O) groups is 4. The van der Waals surface area contributed by atoms with Gasteiger partial charge in [0.25, 0.3) is 5.91 Å². The van der Waals surface area contributed by atoms with Crippen LogP contribution in [0.3, 0.4) is 0 Å². The van der Waals surface area contributed by atoms with Crippen LogP contribution in [-0.4, -0.2) is 120 Å². The molecule has 4 fully saturated rings. The average Bonchev–Trinajstić information content (AvgIpc) is 3.22. The van der Waals surface area contributed by atoms with E-state index in [-0.39, 0.29) is 42.7 Å². The lowest BCUT2D eigenvalue weighted by Gasteiger charge is -2.39. The van der Waals surface area contributed by atoms with Crippen molar-refractivity contribution >= 4 is 46.9 Å². The zero-order valence-corrected chi connectivity index (χ0v) is 33.0. The van der Waals surface area contributed by atoms with Crippen LogP contribution in [0.1, 0.15) is 73.1 Å². The van der Waals surface area contributed by atoms with E-state index in [2.05, 4.69) is 41.6 Å². The number of aromatic nitrogens is 3. The fourth-order valence-corrected chi connectivity index (χ4v) is 8.38. The van der Waals surface area contributed by atoms with Crippen LogP contribution in [0.2, 0.25) is 5.02 Å². The van der Waals surface area contributed by atoms with E-state index >= 15 is 0 Å². The van der Waals surface area contributed by atoms with Crippen molar-refractivity contribution in [2.45, 2.75) is 76.0 Å². The van der Waals surface area contributed by atoms with E-state index in [1.807, 2.05) is 24.3 Å². The molecule has 0 radical (unpaired) electrons. The number of pyridine rings is 1. The number of carbonyl (C=O) groups excluding carboxylic acids is 4. The van der Waals surface area contributed by atoms with E-state index in [4.69, 9.17) is 26.6 Å². The Bertz CT molecular complexity index is 1970. The summed E-state index contributed by atoms with van der Waals surface area (Å²) in [6.07, 6.45) is 5.96. The Hall–Kier alpha value is -5.33. The monoisotopic (exact) mass is 796 g/mol. The smallest absolute Gasteiger partial charge is 0.272 e. The van der Waals surface area contributed by atoms with E-state index in [9.17, 15) is 19.2 Å². The zero-order valence-electron chi connectivity index (χ0n) is 32.2. The van der Waals surface area contributed by atoms with Gasteiger partial charge in [-0.15, -0.1) is 10.2 Å². The lowest BCUT2D eigenvalue weighted by molar-refractivity contribution is -0.144. The summed E-state index contributed by atoms with van der Waals surface area (Å²) >= 11 is 6.15. The van der Waals surface area contributed by atoms with Gasteiger partial charge in [-0.25, -0.2) is 4.98 Å². The summed E-state index contributed by atoms with van der Waals surface area (Å²) in [6, 6.07) is 15.9. The van der Waals surface area contributed by atoms with Crippen LogP contribution in [0.4, 0.5) is 11.6 Å². The number of halogens is 1. The van der Waals surface area contributed by atoms with Gasteiger partial charge in [0.2, 0.25) is 17.7 Å². The van der Waals surface area contributed by atoms with Gasteiger partial charge in [-0.2, -0.15) is 5.26 Å². The number of benzene rings is 1. The van der Waals surface area contributed by atoms with Gasteiger partial charge in [0.05, 0.1) is 28.8 Å².